The van der Waals surface area contributed by atoms with Crippen molar-refractivity contribution in [3.63, 3.8) is 0 Å². The maximum Gasteiger partial charge on any atom is 0.0392 e. The van der Waals surface area contributed by atoms with Crippen molar-refractivity contribution >= 4 is 5.69 Å². The summed E-state index contributed by atoms with van der Waals surface area (Å²) < 4.78 is 0. The Hall–Kier alpha value is -1.80. The molecule has 0 unspecified atom stereocenters. The Labute approximate surface area is 128 Å². The quantitative estimate of drug-likeness (QED) is 0.844. The van der Waals surface area contributed by atoms with Crippen molar-refractivity contribution in [3.8, 4) is 0 Å². The van der Waals surface area contributed by atoms with Crippen molar-refractivity contribution in [3.05, 3.63) is 66.2 Å². The van der Waals surface area contributed by atoms with Gasteiger partial charge in [0, 0.05) is 37.4 Å². The molecular weight excluding hydrogens is 256 g/mol. The largest absolute Gasteiger partial charge is 0.364 e. The number of benzene rings is 2. The van der Waals surface area contributed by atoms with Gasteiger partial charge in [0.15, 0.2) is 0 Å². The lowest BCUT2D eigenvalue weighted by Crippen LogP contribution is -2.56. The number of para-hydroxylation sites is 1. The van der Waals surface area contributed by atoms with Crippen LogP contribution in [0.4, 0.5) is 5.69 Å². The van der Waals surface area contributed by atoms with Gasteiger partial charge in [-0.2, -0.15) is 0 Å². The lowest BCUT2D eigenvalue weighted by atomic mass is 10.1. The van der Waals surface area contributed by atoms with Gasteiger partial charge in [-0.25, -0.2) is 0 Å². The number of nitrogens with zero attached hydrogens (tertiary/aromatic N) is 2. The zero-order chi connectivity index (χ0) is 14.7. The first-order chi connectivity index (χ1) is 10.2. The number of piperazine rings is 1. The molecular formula is C19H24N2. The maximum absolute atomic E-state index is 2.57. The summed E-state index contributed by atoms with van der Waals surface area (Å²) in [7, 11) is 0. The molecule has 3 rings (SSSR count). The Balaban J connectivity index is 1.70. The molecule has 0 amide bonds. The average Bonchev–Trinajstić information content (AvgIpc) is 2.49. The van der Waals surface area contributed by atoms with Gasteiger partial charge in [0.1, 0.15) is 0 Å². The van der Waals surface area contributed by atoms with Gasteiger partial charge < -0.3 is 4.90 Å². The predicted molar refractivity (Wildman–Crippen MR) is 89.6 cm³/mol. The molecule has 1 heterocycles. The molecule has 0 bridgehead atoms. The van der Waals surface area contributed by atoms with Crippen LogP contribution < -0.4 is 4.90 Å². The molecule has 0 aromatic heterocycles. The van der Waals surface area contributed by atoms with E-state index < -0.39 is 0 Å². The molecule has 0 aliphatic carbocycles. The molecule has 2 aromatic carbocycles. The minimum absolute atomic E-state index is 0.542. The summed E-state index contributed by atoms with van der Waals surface area (Å²) in [6.45, 7) is 7.96. The van der Waals surface area contributed by atoms with Gasteiger partial charge >= 0.3 is 0 Å². The van der Waals surface area contributed by atoms with Gasteiger partial charge in [0.25, 0.3) is 0 Å². The molecule has 1 aliphatic heterocycles. The highest BCUT2D eigenvalue weighted by molar-refractivity contribution is 5.48. The van der Waals surface area contributed by atoms with Crippen molar-refractivity contribution in [1.82, 2.24) is 4.90 Å². The fourth-order valence-electron chi connectivity index (χ4n) is 3.51. The number of hydrogen-bond acceptors (Lipinski definition) is 2. The molecule has 110 valence electrons. The molecule has 0 N–H and O–H groups in total. The fraction of sp³-hybridized carbons (Fsp3) is 0.368. The van der Waals surface area contributed by atoms with Crippen LogP contribution in [-0.2, 0) is 6.54 Å². The van der Waals surface area contributed by atoms with Crippen molar-refractivity contribution in [2.75, 3.05) is 18.0 Å². The van der Waals surface area contributed by atoms with Crippen LogP contribution in [0.15, 0.2) is 60.7 Å². The Morgan fingerprint density at radius 1 is 0.810 bits per heavy atom. The maximum atomic E-state index is 2.57. The van der Waals surface area contributed by atoms with E-state index in [2.05, 4.69) is 84.3 Å². The minimum Gasteiger partial charge on any atom is -0.364 e. The SMILES string of the molecule is C[C@@H]1CN(Cc2ccccc2)C[C@H](C)N1c1ccccc1. The second-order valence-electron chi connectivity index (χ2n) is 6.12. The van der Waals surface area contributed by atoms with E-state index in [9.17, 15) is 0 Å². The van der Waals surface area contributed by atoms with Crippen LogP contribution in [0, 0.1) is 0 Å². The summed E-state index contributed by atoms with van der Waals surface area (Å²) in [5.74, 6) is 0. The van der Waals surface area contributed by atoms with Crippen LogP contribution in [0.2, 0.25) is 0 Å². The van der Waals surface area contributed by atoms with E-state index in [0.29, 0.717) is 12.1 Å². The van der Waals surface area contributed by atoms with Crippen LogP contribution in [0.5, 0.6) is 0 Å². The van der Waals surface area contributed by atoms with Gasteiger partial charge in [-0.05, 0) is 31.5 Å². The third-order valence-corrected chi connectivity index (χ3v) is 4.30. The Bertz CT molecular complexity index is 540. The molecule has 0 saturated carbocycles. The minimum atomic E-state index is 0.542. The topological polar surface area (TPSA) is 6.48 Å². The first-order valence-electron chi connectivity index (χ1n) is 7.83. The van der Waals surface area contributed by atoms with Gasteiger partial charge in [-0.3, -0.25) is 4.90 Å². The highest BCUT2D eigenvalue weighted by Crippen LogP contribution is 2.25. The second kappa shape index (κ2) is 6.31. The monoisotopic (exact) mass is 280 g/mol. The number of rotatable bonds is 3. The van der Waals surface area contributed by atoms with Crippen molar-refractivity contribution in [2.45, 2.75) is 32.5 Å². The molecule has 2 nitrogen and oxygen atoms in total. The Morgan fingerprint density at radius 2 is 1.33 bits per heavy atom. The molecule has 0 radical (unpaired) electrons. The lowest BCUT2D eigenvalue weighted by molar-refractivity contribution is 0.192. The molecule has 1 fully saturated rings. The van der Waals surface area contributed by atoms with Gasteiger partial charge in [-0.1, -0.05) is 48.5 Å². The van der Waals surface area contributed by atoms with Crippen molar-refractivity contribution < 1.29 is 0 Å². The van der Waals surface area contributed by atoms with Crippen molar-refractivity contribution in [2.24, 2.45) is 0 Å². The van der Waals surface area contributed by atoms with Crippen LogP contribution in [0.1, 0.15) is 19.4 Å². The molecule has 2 heteroatoms. The van der Waals surface area contributed by atoms with E-state index in [1.54, 1.807) is 0 Å². The Morgan fingerprint density at radius 3 is 1.90 bits per heavy atom. The lowest BCUT2D eigenvalue weighted by Gasteiger charge is -2.46. The average molecular weight is 280 g/mol. The highest BCUT2D eigenvalue weighted by atomic mass is 15.3. The van der Waals surface area contributed by atoms with E-state index in [-0.39, 0.29) is 0 Å². The first kappa shape index (κ1) is 14.2. The van der Waals surface area contributed by atoms with Gasteiger partial charge in [0.2, 0.25) is 0 Å². The van der Waals surface area contributed by atoms with E-state index in [1.165, 1.54) is 11.3 Å². The third-order valence-electron chi connectivity index (χ3n) is 4.30. The summed E-state index contributed by atoms with van der Waals surface area (Å²) in [4.78, 5) is 5.13. The zero-order valence-electron chi connectivity index (χ0n) is 12.9. The van der Waals surface area contributed by atoms with E-state index >= 15 is 0 Å². The number of anilines is 1. The number of hydrogen-bond donors (Lipinski definition) is 0. The normalized spacial score (nSPS) is 23.2. The van der Waals surface area contributed by atoms with Crippen molar-refractivity contribution in [1.29, 1.82) is 0 Å². The summed E-state index contributed by atoms with van der Waals surface area (Å²) in [5, 5.41) is 0. The molecule has 1 aliphatic rings. The third kappa shape index (κ3) is 3.27. The molecule has 0 spiro atoms. The molecule has 2 atom stereocenters. The van der Waals surface area contributed by atoms with Crippen LogP contribution in [0.25, 0.3) is 0 Å². The molecule has 1 saturated heterocycles. The second-order valence-corrected chi connectivity index (χ2v) is 6.12. The smallest absolute Gasteiger partial charge is 0.0392 e. The van der Waals surface area contributed by atoms with Crippen LogP contribution in [-0.4, -0.2) is 30.1 Å². The summed E-state index contributed by atoms with van der Waals surface area (Å²) in [5.41, 5.74) is 2.75. The van der Waals surface area contributed by atoms with E-state index in [4.69, 9.17) is 0 Å². The Kier molecular flexibility index (Phi) is 4.26. The van der Waals surface area contributed by atoms with E-state index in [0.717, 1.165) is 19.6 Å². The summed E-state index contributed by atoms with van der Waals surface area (Å²) >= 11 is 0. The van der Waals surface area contributed by atoms with E-state index in [1.807, 2.05) is 0 Å². The summed E-state index contributed by atoms with van der Waals surface area (Å²) in [6.07, 6.45) is 0. The fourth-order valence-corrected chi connectivity index (χ4v) is 3.51. The first-order valence-corrected chi connectivity index (χ1v) is 7.83. The standard InChI is InChI=1S/C19H24N2/c1-16-13-20(15-18-9-5-3-6-10-18)14-17(2)21(16)19-11-7-4-8-12-19/h3-12,16-17H,13-15H2,1-2H3/t16-,17+. The van der Waals surface area contributed by atoms with Gasteiger partial charge in [0.05, 0.1) is 0 Å². The van der Waals surface area contributed by atoms with Crippen LogP contribution in [0.3, 0.4) is 0 Å². The van der Waals surface area contributed by atoms with Gasteiger partial charge in [-0.15, -0.1) is 0 Å². The predicted octanol–water partition coefficient (Wildman–Crippen LogP) is 3.79. The van der Waals surface area contributed by atoms with Crippen LogP contribution >= 0.6 is 0 Å². The highest BCUT2D eigenvalue weighted by Gasteiger charge is 2.29. The molecule has 21 heavy (non-hydrogen) atoms. The molecule has 2 aromatic rings. The zero-order valence-corrected chi connectivity index (χ0v) is 12.9. The summed E-state index contributed by atoms with van der Waals surface area (Å²) in [6, 6.07) is 22.7.